The molecule has 8 nitrogen and oxygen atoms in total. The van der Waals surface area contributed by atoms with Crippen molar-refractivity contribution in [1.29, 1.82) is 0 Å². The zero-order valence-corrected chi connectivity index (χ0v) is 15.2. The molecule has 0 atom stereocenters. The van der Waals surface area contributed by atoms with Gasteiger partial charge in [-0.2, -0.15) is 5.10 Å². The first kappa shape index (κ1) is 19.0. The van der Waals surface area contributed by atoms with Gasteiger partial charge in [-0.1, -0.05) is 30.3 Å². The fourth-order valence-electron chi connectivity index (χ4n) is 2.53. The lowest BCUT2D eigenvalue weighted by atomic mass is 10.2. The van der Waals surface area contributed by atoms with Crippen LogP contribution in [0.1, 0.15) is 22.8 Å². The Hall–Kier alpha value is -3.81. The molecule has 3 aromatic rings. The predicted octanol–water partition coefficient (Wildman–Crippen LogP) is 3.72. The van der Waals surface area contributed by atoms with Crippen LogP contribution in [0.3, 0.4) is 0 Å². The molecule has 8 heteroatoms. The molecule has 144 valence electrons. The van der Waals surface area contributed by atoms with Crippen molar-refractivity contribution in [3.8, 4) is 11.4 Å². The van der Waals surface area contributed by atoms with E-state index < -0.39 is 12.1 Å². The van der Waals surface area contributed by atoms with Gasteiger partial charge in [0, 0.05) is 0 Å². The number of hydrogen-bond acceptors (Lipinski definition) is 5. The Bertz CT molecular complexity index is 952. The molecule has 0 spiro atoms. The van der Waals surface area contributed by atoms with Crippen LogP contribution in [0.15, 0.2) is 60.8 Å². The summed E-state index contributed by atoms with van der Waals surface area (Å²) in [5, 5.41) is 16.0. The van der Waals surface area contributed by atoms with Crippen molar-refractivity contribution < 1.29 is 24.2 Å². The standard InChI is InChI=1S/C20H19N3O5/c1-2-27-16-10-8-15(9-11-16)23-18(17(12-21-23)19(24)25)22-20(26)28-13-14-6-4-3-5-7-14/h3-12H,2,13H2,1H3,(H,22,26)(H,24,25). The Labute approximate surface area is 161 Å². The molecule has 0 radical (unpaired) electrons. The van der Waals surface area contributed by atoms with E-state index in [1.54, 1.807) is 24.3 Å². The summed E-state index contributed by atoms with van der Waals surface area (Å²) in [5.74, 6) is -0.529. The monoisotopic (exact) mass is 381 g/mol. The SMILES string of the molecule is CCOc1ccc(-n2ncc(C(=O)O)c2NC(=O)OCc2ccccc2)cc1. The Morgan fingerprint density at radius 1 is 1.11 bits per heavy atom. The number of carboxylic acid groups (broad SMARTS) is 1. The van der Waals surface area contributed by atoms with Crippen LogP contribution in [0.5, 0.6) is 5.75 Å². The Morgan fingerprint density at radius 3 is 2.46 bits per heavy atom. The number of carbonyl (C=O) groups excluding carboxylic acids is 1. The number of carbonyl (C=O) groups is 2. The number of benzene rings is 2. The summed E-state index contributed by atoms with van der Waals surface area (Å²) in [4.78, 5) is 23.7. The summed E-state index contributed by atoms with van der Waals surface area (Å²) < 4.78 is 11.9. The molecule has 1 amide bonds. The Balaban J connectivity index is 1.79. The molecule has 1 heterocycles. The van der Waals surface area contributed by atoms with Crippen LogP contribution >= 0.6 is 0 Å². The third-order valence-electron chi connectivity index (χ3n) is 3.83. The Kier molecular flexibility index (Phi) is 5.91. The molecular formula is C20H19N3O5. The fourth-order valence-corrected chi connectivity index (χ4v) is 2.53. The molecule has 0 aliphatic rings. The van der Waals surface area contributed by atoms with Crippen molar-refractivity contribution in [3.05, 3.63) is 71.9 Å². The van der Waals surface area contributed by atoms with E-state index in [4.69, 9.17) is 9.47 Å². The zero-order chi connectivity index (χ0) is 19.9. The number of amides is 1. The highest BCUT2D eigenvalue weighted by Gasteiger charge is 2.20. The molecule has 0 fully saturated rings. The molecule has 2 N–H and O–H groups in total. The number of carboxylic acids is 1. The van der Waals surface area contributed by atoms with Gasteiger partial charge >= 0.3 is 12.1 Å². The summed E-state index contributed by atoms with van der Waals surface area (Å²) >= 11 is 0. The lowest BCUT2D eigenvalue weighted by molar-refractivity contribution is 0.0698. The number of aromatic nitrogens is 2. The first-order valence-corrected chi connectivity index (χ1v) is 8.60. The normalized spacial score (nSPS) is 10.3. The second-order valence-corrected chi connectivity index (χ2v) is 5.74. The average molecular weight is 381 g/mol. The molecule has 0 aliphatic carbocycles. The number of anilines is 1. The smallest absolute Gasteiger partial charge is 0.413 e. The zero-order valence-electron chi connectivity index (χ0n) is 15.2. The van der Waals surface area contributed by atoms with Gasteiger partial charge in [-0.3, -0.25) is 5.32 Å². The van der Waals surface area contributed by atoms with Gasteiger partial charge in [0.1, 0.15) is 17.9 Å². The molecule has 3 rings (SSSR count). The molecule has 28 heavy (non-hydrogen) atoms. The van der Waals surface area contributed by atoms with Crippen molar-refractivity contribution in [2.24, 2.45) is 0 Å². The maximum atomic E-state index is 12.2. The van der Waals surface area contributed by atoms with Gasteiger partial charge < -0.3 is 14.6 Å². The van der Waals surface area contributed by atoms with Gasteiger partial charge in [-0.05, 0) is 36.8 Å². The number of nitrogens with zero attached hydrogens (tertiary/aromatic N) is 2. The first-order chi connectivity index (χ1) is 13.6. The van der Waals surface area contributed by atoms with Crippen molar-refractivity contribution in [2.75, 3.05) is 11.9 Å². The number of aromatic carboxylic acids is 1. The van der Waals surface area contributed by atoms with Gasteiger partial charge in [0.05, 0.1) is 18.5 Å². The molecule has 0 saturated carbocycles. The average Bonchev–Trinajstić information content (AvgIpc) is 3.12. The van der Waals surface area contributed by atoms with Crippen LogP contribution in [0.2, 0.25) is 0 Å². The molecule has 2 aromatic carbocycles. The minimum atomic E-state index is -1.21. The fraction of sp³-hybridized carbons (Fsp3) is 0.150. The van der Waals surface area contributed by atoms with Gasteiger partial charge in [-0.15, -0.1) is 0 Å². The van der Waals surface area contributed by atoms with Crippen molar-refractivity contribution >= 4 is 17.9 Å². The van der Waals surface area contributed by atoms with Crippen molar-refractivity contribution in [1.82, 2.24) is 9.78 Å². The quantitative estimate of drug-likeness (QED) is 0.647. The van der Waals surface area contributed by atoms with E-state index in [0.29, 0.717) is 18.0 Å². The van der Waals surface area contributed by atoms with E-state index in [-0.39, 0.29) is 18.0 Å². The highest BCUT2D eigenvalue weighted by atomic mass is 16.5. The lowest BCUT2D eigenvalue weighted by Crippen LogP contribution is -2.18. The van der Waals surface area contributed by atoms with E-state index in [1.165, 1.54) is 10.9 Å². The van der Waals surface area contributed by atoms with Gasteiger partial charge in [0.25, 0.3) is 0 Å². The maximum absolute atomic E-state index is 12.2. The third-order valence-corrected chi connectivity index (χ3v) is 3.83. The summed E-state index contributed by atoms with van der Waals surface area (Å²) in [5.41, 5.74) is 1.23. The topological polar surface area (TPSA) is 103 Å². The molecule has 1 aromatic heterocycles. The molecule has 0 saturated heterocycles. The largest absolute Gasteiger partial charge is 0.494 e. The molecule has 0 aliphatic heterocycles. The maximum Gasteiger partial charge on any atom is 0.413 e. The van der Waals surface area contributed by atoms with Crippen molar-refractivity contribution in [2.45, 2.75) is 13.5 Å². The van der Waals surface area contributed by atoms with Gasteiger partial charge in [0.15, 0.2) is 5.82 Å². The molecule has 0 bridgehead atoms. The lowest BCUT2D eigenvalue weighted by Gasteiger charge is -2.11. The molecular weight excluding hydrogens is 362 g/mol. The molecule has 0 unspecified atom stereocenters. The van der Waals surface area contributed by atoms with Crippen LogP contribution in [0.25, 0.3) is 5.69 Å². The van der Waals surface area contributed by atoms with Crippen LogP contribution in [0.4, 0.5) is 10.6 Å². The van der Waals surface area contributed by atoms with Crippen LogP contribution in [-0.4, -0.2) is 33.6 Å². The summed E-state index contributed by atoms with van der Waals surface area (Å²) in [7, 11) is 0. The third kappa shape index (κ3) is 4.47. The Morgan fingerprint density at radius 2 is 1.82 bits per heavy atom. The van der Waals surface area contributed by atoms with Crippen molar-refractivity contribution in [3.63, 3.8) is 0 Å². The van der Waals surface area contributed by atoms with Gasteiger partial charge in [0.2, 0.25) is 0 Å². The number of rotatable bonds is 7. The first-order valence-electron chi connectivity index (χ1n) is 8.60. The highest BCUT2D eigenvalue weighted by Crippen LogP contribution is 2.23. The predicted molar refractivity (Wildman–Crippen MR) is 102 cm³/mol. The number of ether oxygens (including phenoxy) is 2. The number of hydrogen-bond donors (Lipinski definition) is 2. The highest BCUT2D eigenvalue weighted by molar-refractivity contribution is 5.97. The summed E-state index contributed by atoms with van der Waals surface area (Å²) in [6.45, 7) is 2.47. The van der Waals surface area contributed by atoms with Gasteiger partial charge in [-0.25, -0.2) is 14.3 Å². The minimum absolute atomic E-state index is 0.00900. The summed E-state index contributed by atoms with van der Waals surface area (Å²) in [6, 6.07) is 16.1. The van der Waals surface area contributed by atoms with Crippen LogP contribution in [-0.2, 0) is 11.3 Å². The summed E-state index contributed by atoms with van der Waals surface area (Å²) in [6.07, 6.45) is 0.394. The van der Waals surface area contributed by atoms with E-state index >= 15 is 0 Å². The van der Waals surface area contributed by atoms with Crippen LogP contribution < -0.4 is 10.1 Å². The van der Waals surface area contributed by atoms with E-state index in [0.717, 1.165) is 5.56 Å². The van der Waals surface area contributed by atoms with E-state index in [1.807, 2.05) is 37.3 Å². The minimum Gasteiger partial charge on any atom is -0.494 e. The number of nitrogens with one attached hydrogen (secondary N) is 1. The second kappa shape index (κ2) is 8.72. The van der Waals surface area contributed by atoms with E-state index in [9.17, 15) is 14.7 Å². The second-order valence-electron chi connectivity index (χ2n) is 5.74. The van der Waals surface area contributed by atoms with E-state index in [2.05, 4.69) is 10.4 Å². The van der Waals surface area contributed by atoms with Crippen LogP contribution in [0, 0.1) is 0 Å².